The Morgan fingerprint density at radius 1 is 1.17 bits per heavy atom. The van der Waals surface area contributed by atoms with Crippen LogP contribution in [0.2, 0.25) is 11.1 Å². The van der Waals surface area contributed by atoms with E-state index in [0.717, 1.165) is 0 Å². The number of hydrogen-bond acceptors (Lipinski definition) is 0. The molecule has 0 spiro atoms. The van der Waals surface area contributed by atoms with Crippen LogP contribution in [-0.2, 0) is 0 Å². The summed E-state index contributed by atoms with van der Waals surface area (Å²) < 4.78 is 1.60. The summed E-state index contributed by atoms with van der Waals surface area (Å²) in [5.41, 5.74) is 0. The Labute approximate surface area is 79.9 Å². The van der Waals surface area contributed by atoms with Crippen LogP contribution in [0.3, 0.4) is 0 Å². The van der Waals surface area contributed by atoms with Gasteiger partial charge in [0.25, 0.3) is 0 Å². The Morgan fingerprint density at radius 3 is 2.42 bits per heavy atom. The minimum absolute atomic E-state index is 0.447. The molecule has 0 heterocycles. The summed E-state index contributed by atoms with van der Waals surface area (Å²) in [6.45, 7) is 2.27. The predicted octanol–water partition coefficient (Wildman–Crippen LogP) is 2.82. The second-order valence-electron chi connectivity index (χ2n) is 3.01. The van der Waals surface area contributed by atoms with Crippen molar-refractivity contribution in [1.29, 1.82) is 0 Å². The van der Waals surface area contributed by atoms with Gasteiger partial charge in [0.2, 0.25) is 0 Å². The van der Waals surface area contributed by atoms with Crippen LogP contribution in [0.5, 0.6) is 0 Å². The van der Waals surface area contributed by atoms with E-state index in [4.69, 9.17) is 0 Å². The summed E-state index contributed by atoms with van der Waals surface area (Å²) in [4.78, 5) is 0. The maximum atomic E-state index is 2.44. The number of benzene rings is 1. The van der Waals surface area contributed by atoms with E-state index in [-0.39, 0.29) is 0 Å². The van der Waals surface area contributed by atoms with Gasteiger partial charge in [0, 0.05) is 0 Å². The molecule has 66 valence electrons. The molecule has 0 saturated heterocycles. The maximum absolute atomic E-state index is 2.44. The van der Waals surface area contributed by atoms with Crippen LogP contribution in [0.25, 0.3) is 0 Å². The Hall–Kier alpha value is -0.261. The summed E-state index contributed by atoms with van der Waals surface area (Å²) in [5.74, 6) is 2.44. The number of hydrogen-bond donors (Lipinski definition) is 0. The van der Waals surface area contributed by atoms with Crippen LogP contribution in [0.15, 0.2) is 30.3 Å². The molecule has 0 aromatic heterocycles. The second-order valence-corrected chi connectivity index (χ2v) is 7.53. The van der Waals surface area contributed by atoms with Crippen molar-refractivity contribution in [2.45, 2.75) is 30.9 Å². The van der Waals surface area contributed by atoms with E-state index in [0.29, 0.717) is 0 Å². The Kier molecular flexibility index (Phi) is 4.42. The van der Waals surface area contributed by atoms with Gasteiger partial charge in [-0.3, -0.25) is 0 Å². The van der Waals surface area contributed by atoms with Crippen molar-refractivity contribution in [3.63, 3.8) is 0 Å². The van der Waals surface area contributed by atoms with E-state index in [1.54, 1.807) is 4.46 Å². The molecule has 0 aliphatic carbocycles. The molecule has 1 aromatic carbocycles. The van der Waals surface area contributed by atoms with Gasteiger partial charge in [-0.25, -0.2) is 0 Å². The van der Waals surface area contributed by atoms with Crippen molar-refractivity contribution in [2.75, 3.05) is 0 Å². The zero-order chi connectivity index (χ0) is 8.81. The van der Waals surface area contributed by atoms with Crippen LogP contribution < -0.4 is 4.46 Å². The van der Waals surface area contributed by atoms with Crippen molar-refractivity contribution in [3.8, 4) is 0 Å². The fraction of sp³-hybridized carbons (Fsp3) is 0.455. The van der Waals surface area contributed by atoms with E-state index in [9.17, 15) is 0 Å². The predicted molar refractivity (Wildman–Crippen MR) is 57.4 cm³/mol. The van der Waals surface area contributed by atoms with Gasteiger partial charge in [-0.05, 0) is 0 Å². The molecular formula is C11H17Se+. The first-order valence-electron chi connectivity index (χ1n) is 4.52. The van der Waals surface area contributed by atoms with Gasteiger partial charge in [0.15, 0.2) is 0 Å². The van der Waals surface area contributed by atoms with Crippen LogP contribution in [0, 0.1) is 0 Å². The molecule has 0 nitrogen and oxygen atoms in total. The first-order valence-corrected chi connectivity index (χ1v) is 8.30. The minimum atomic E-state index is -0.447. The normalized spacial score (nSPS) is 12.8. The molecule has 0 aliphatic rings. The average Bonchev–Trinajstić information content (AvgIpc) is 2.15. The summed E-state index contributed by atoms with van der Waals surface area (Å²) in [7, 11) is 0. The summed E-state index contributed by atoms with van der Waals surface area (Å²) in [5, 5.41) is 1.44. The van der Waals surface area contributed by atoms with E-state index in [1.807, 2.05) is 0 Å². The molecule has 0 radical (unpaired) electrons. The summed E-state index contributed by atoms with van der Waals surface area (Å²) >= 11 is -0.447. The number of rotatable bonds is 4. The van der Waals surface area contributed by atoms with Gasteiger partial charge in [-0.2, -0.15) is 0 Å². The van der Waals surface area contributed by atoms with Gasteiger partial charge < -0.3 is 0 Å². The van der Waals surface area contributed by atoms with Gasteiger partial charge in [-0.1, -0.05) is 0 Å². The molecule has 1 heteroatoms. The first-order chi connectivity index (χ1) is 5.84. The fourth-order valence-electron chi connectivity index (χ4n) is 1.13. The second kappa shape index (κ2) is 5.40. The third-order valence-corrected chi connectivity index (χ3v) is 6.10. The Morgan fingerprint density at radius 2 is 1.83 bits per heavy atom. The Balaban J connectivity index is 2.48. The van der Waals surface area contributed by atoms with Crippen molar-refractivity contribution in [3.05, 3.63) is 30.3 Å². The van der Waals surface area contributed by atoms with E-state index in [1.165, 1.54) is 18.2 Å². The first kappa shape index (κ1) is 9.82. The molecule has 1 rings (SSSR count). The molecule has 0 saturated carbocycles. The topological polar surface area (TPSA) is 0 Å². The third-order valence-electron chi connectivity index (χ3n) is 1.95. The molecule has 12 heavy (non-hydrogen) atoms. The summed E-state index contributed by atoms with van der Waals surface area (Å²) in [6, 6.07) is 11.0. The van der Waals surface area contributed by atoms with Crippen molar-refractivity contribution < 1.29 is 0 Å². The van der Waals surface area contributed by atoms with Crippen molar-refractivity contribution >= 4 is 18.4 Å². The molecular weight excluding hydrogens is 211 g/mol. The number of unbranched alkanes of at least 4 members (excludes halogenated alkanes) is 1. The molecule has 1 unspecified atom stereocenters. The molecule has 0 fully saturated rings. The van der Waals surface area contributed by atoms with E-state index >= 15 is 0 Å². The zero-order valence-electron chi connectivity index (χ0n) is 7.92. The molecule has 0 bridgehead atoms. The zero-order valence-corrected chi connectivity index (χ0v) is 9.63. The van der Waals surface area contributed by atoms with E-state index in [2.05, 4.69) is 43.1 Å². The van der Waals surface area contributed by atoms with Crippen molar-refractivity contribution in [2.24, 2.45) is 0 Å². The van der Waals surface area contributed by atoms with Crippen molar-refractivity contribution in [1.82, 2.24) is 0 Å². The van der Waals surface area contributed by atoms with Crippen LogP contribution in [0.1, 0.15) is 19.8 Å². The fourth-order valence-corrected chi connectivity index (χ4v) is 4.44. The summed E-state index contributed by atoms with van der Waals surface area (Å²) in [6.07, 6.45) is 2.73. The molecule has 1 aromatic rings. The van der Waals surface area contributed by atoms with Crippen LogP contribution >= 0.6 is 0 Å². The quantitative estimate of drug-likeness (QED) is 0.695. The SMILES string of the molecule is CCCC[Se+](C)c1ccccc1. The van der Waals surface area contributed by atoms with Crippen LogP contribution in [0.4, 0.5) is 0 Å². The molecule has 0 N–H and O–H groups in total. The average molecular weight is 228 g/mol. The van der Waals surface area contributed by atoms with Crippen LogP contribution in [-0.4, -0.2) is 13.9 Å². The molecule has 0 aliphatic heterocycles. The Bertz CT molecular complexity index is 206. The third kappa shape index (κ3) is 3.00. The standard InChI is InChI=1S/C11H17Se/c1-3-4-10-12(2)11-8-6-5-7-9-11/h5-9H,3-4,10H2,1-2H3/q+1. The van der Waals surface area contributed by atoms with Gasteiger partial charge in [0.1, 0.15) is 0 Å². The van der Waals surface area contributed by atoms with Gasteiger partial charge >= 0.3 is 79.6 Å². The monoisotopic (exact) mass is 229 g/mol. The molecule has 0 amide bonds. The molecule has 1 atom stereocenters. The van der Waals surface area contributed by atoms with E-state index < -0.39 is 13.9 Å². The van der Waals surface area contributed by atoms with Gasteiger partial charge in [-0.15, -0.1) is 0 Å². The van der Waals surface area contributed by atoms with Gasteiger partial charge in [0.05, 0.1) is 0 Å².